The van der Waals surface area contributed by atoms with Crippen LogP contribution in [0.2, 0.25) is 5.82 Å². The summed E-state index contributed by atoms with van der Waals surface area (Å²) in [6.07, 6.45) is 3.09. The summed E-state index contributed by atoms with van der Waals surface area (Å²) in [5.74, 6) is 3.10. The van der Waals surface area contributed by atoms with Gasteiger partial charge in [-0.3, -0.25) is 0 Å². The summed E-state index contributed by atoms with van der Waals surface area (Å²) in [5, 5.41) is 25.7. The van der Waals surface area contributed by atoms with Crippen LogP contribution >= 0.6 is 0 Å². The number of nitriles is 3. The monoisotopic (exact) mass is 153 g/mol. The van der Waals surface area contributed by atoms with E-state index >= 15 is 0 Å². The summed E-state index contributed by atoms with van der Waals surface area (Å²) in [7, 11) is 0. The third-order valence-electron chi connectivity index (χ3n) is 1.66. The topological polar surface area (TPSA) is 71.4 Å². The van der Waals surface area contributed by atoms with Crippen molar-refractivity contribution in [2.75, 3.05) is 0 Å². The highest BCUT2D eigenvalue weighted by Crippen LogP contribution is 2.19. The van der Waals surface area contributed by atoms with Gasteiger partial charge >= 0.3 is 6.71 Å². The first-order valence-electron chi connectivity index (χ1n) is 3.41. The molecule has 1 heterocycles. The molecule has 0 saturated carbocycles. The average molecular weight is 153 g/mol. The Morgan fingerprint density at radius 2 is 2.08 bits per heavy atom. The smallest absolute Gasteiger partial charge is 0.212 e. The maximum absolute atomic E-state index is 8.62. The van der Waals surface area contributed by atoms with Crippen molar-refractivity contribution in [3.05, 3.63) is 23.7 Å². The molecule has 0 aromatic heterocycles. The molecule has 0 N–H and O–H groups in total. The van der Waals surface area contributed by atoms with Crippen molar-refractivity contribution in [3.8, 4) is 18.1 Å². The van der Waals surface area contributed by atoms with E-state index in [2.05, 4.69) is 0 Å². The molecule has 0 radical (unpaired) electrons. The van der Waals surface area contributed by atoms with Crippen LogP contribution in [0, 0.1) is 33.9 Å². The van der Waals surface area contributed by atoms with Crippen molar-refractivity contribution < 1.29 is 0 Å². The molecular weight excluding hydrogens is 149 g/mol. The average Bonchev–Trinajstić information content (AvgIpc) is 2.16. The molecule has 54 valence electrons. The maximum Gasteiger partial charge on any atom is 0.314 e. The zero-order valence-electron chi connectivity index (χ0n) is 6.23. The lowest BCUT2D eigenvalue weighted by atomic mass is 9.41. The molecule has 1 unspecified atom stereocenters. The summed E-state index contributed by atoms with van der Waals surface area (Å²) < 4.78 is 0. The first kappa shape index (κ1) is 8.11. The molecule has 0 aromatic carbocycles. The molecule has 0 fully saturated rings. The van der Waals surface area contributed by atoms with Gasteiger partial charge in [-0.25, -0.2) is 5.26 Å². The molecule has 0 saturated heterocycles. The van der Waals surface area contributed by atoms with Crippen LogP contribution in [-0.2, 0) is 0 Å². The molecule has 1 atom stereocenters. The minimum atomic E-state index is -0.477. The predicted molar refractivity (Wildman–Crippen MR) is 43.6 cm³/mol. The fourth-order valence-electron chi connectivity index (χ4n) is 0.995. The van der Waals surface area contributed by atoms with Crippen LogP contribution in [0.15, 0.2) is 23.7 Å². The maximum atomic E-state index is 8.62. The highest BCUT2D eigenvalue weighted by molar-refractivity contribution is 6.74. The van der Waals surface area contributed by atoms with Gasteiger partial charge in [0.05, 0.1) is 18.0 Å². The van der Waals surface area contributed by atoms with Gasteiger partial charge in [-0.2, -0.15) is 10.5 Å². The van der Waals surface area contributed by atoms with E-state index in [9.17, 15) is 0 Å². The highest BCUT2D eigenvalue weighted by atomic mass is 14.3. The van der Waals surface area contributed by atoms with Crippen molar-refractivity contribution in [1.82, 2.24) is 0 Å². The third-order valence-corrected chi connectivity index (χ3v) is 1.66. The number of allylic oxidation sites excluding steroid dienone is 3. The van der Waals surface area contributed by atoms with Gasteiger partial charge in [0.2, 0.25) is 0 Å². The molecule has 1 aliphatic heterocycles. The number of rotatable bonds is 0. The summed E-state index contributed by atoms with van der Waals surface area (Å²) in [5.41, 5.74) is 0.452. The predicted octanol–water partition coefficient (Wildman–Crippen LogP) is 0.997. The van der Waals surface area contributed by atoms with Crippen LogP contribution < -0.4 is 0 Å². The van der Waals surface area contributed by atoms with Crippen LogP contribution in [0.1, 0.15) is 0 Å². The lowest BCUT2D eigenvalue weighted by Gasteiger charge is -2.07. The van der Waals surface area contributed by atoms with E-state index in [0.29, 0.717) is 5.57 Å². The zero-order valence-corrected chi connectivity index (χ0v) is 6.23. The van der Waals surface area contributed by atoms with Gasteiger partial charge in [0.25, 0.3) is 0 Å². The van der Waals surface area contributed by atoms with Gasteiger partial charge in [-0.15, -0.1) is 0 Å². The Balaban J connectivity index is 2.94. The molecule has 1 aliphatic rings. The Kier molecular flexibility index (Phi) is 2.31. The van der Waals surface area contributed by atoms with Crippen LogP contribution in [0.25, 0.3) is 0 Å². The van der Waals surface area contributed by atoms with Gasteiger partial charge in [0, 0.05) is 11.5 Å². The van der Waals surface area contributed by atoms with Crippen LogP contribution in [0.4, 0.5) is 0 Å². The molecule has 0 amide bonds. The molecule has 0 aliphatic carbocycles. The van der Waals surface area contributed by atoms with E-state index in [-0.39, 0.29) is 0 Å². The highest BCUT2D eigenvalue weighted by Gasteiger charge is 2.24. The van der Waals surface area contributed by atoms with Crippen LogP contribution in [0.3, 0.4) is 0 Å². The Bertz CT molecular complexity index is 361. The van der Waals surface area contributed by atoms with Gasteiger partial charge in [0.1, 0.15) is 0 Å². The largest absolute Gasteiger partial charge is 0.314 e. The fourth-order valence-corrected chi connectivity index (χ4v) is 0.995. The minimum Gasteiger partial charge on any atom is -0.212 e. The quantitative estimate of drug-likeness (QED) is 0.487. The van der Waals surface area contributed by atoms with E-state index in [4.69, 9.17) is 15.8 Å². The number of hydrogen-bond donors (Lipinski definition) is 0. The van der Waals surface area contributed by atoms with Crippen molar-refractivity contribution in [3.63, 3.8) is 0 Å². The Hall–Kier alpha value is -1.99. The number of nitrogens with zero attached hydrogens (tertiary/aromatic N) is 3. The number of hydrogen-bond acceptors (Lipinski definition) is 3. The van der Waals surface area contributed by atoms with Gasteiger partial charge in [-0.05, 0) is 0 Å². The van der Waals surface area contributed by atoms with E-state index in [1.54, 1.807) is 12.1 Å². The van der Waals surface area contributed by atoms with Gasteiger partial charge in [-0.1, -0.05) is 18.1 Å². The molecule has 0 spiro atoms. The SMILES string of the molecule is N#CB1C=CC(C#N)=CC1C#N. The molecule has 0 aromatic rings. The molecule has 0 bridgehead atoms. The van der Waals surface area contributed by atoms with E-state index in [1.807, 2.05) is 18.1 Å². The van der Waals surface area contributed by atoms with E-state index in [0.717, 1.165) is 0 Å². The Morgan fingerprint density at radius 3 is 2.58 bits per heavy atom. The first-order valence-corrected chi connectivity index (χ1v) is 3.41. The first-order chi connectivity index (χ1) is 5.81. The second-order valence-corrected chi connectivity index (χ2v) is 2.40. The molecule has 4 heteroatoms. The minimum absolute atomic E-state index is 0.410. The second-order valence-electron chi connectivity index (χ2n) is 2.40. The lowest BCUT2D eigenvalue weighted by Crippen LogP contribution is -2.16. The van der Waals surface area contributed by atoms with Crippen molar-refractivity contribution in [2.45, 2.75) is 5.82 Å². The molecule has 12 heavy (non-hydrogen) atoms. The van der Waals surface area contributed by atoms with Crippen LogP contribution in [-0.4, -0.2) is 6.71 Å². The van der Waals surface area contributed by atoms with Crippen LogP contribution in [0.5, 0.6) is 0 Å². The van der Waals surface area contributed by atoms with Crippen molar-refractivity contribution in [2.24, 2.45) is 0 Å². The third kappa shape index (κ3) is 1.36. The summed E-state index contributed by atoms with van der Waals surface area (Å²) in [6.45, 7) is -0.410. The Labute approximate surface area is 70.9 Å². The molecular formula is C8H4BN3. The fraction of sp³-hybridized carbons (Fsp3) is 0.125. The van der Waals surface area contributed by atoms with Gasteiger partial charge < -0.3 is 0 Å². The molecule has 3 nitrogen and oxygen atoms in total. The van der Waals surface area contributed by atoms with E-state index in [1.165, 1.54) is 6.08 Å². The van der Waals surface area contributed by atoms with E-state index < -0.39 is 12.5 Å². The standard InChI is InChI=1S/C8H4BN3/c10-4-7-1-2-9(6-12)8(3-7)5-11/h1-3,8H. The summed E-state index contributed by atoms with van der Waals surface area (Å²) >= 11 is 0. The summed E-state index contributed by atoms with van der Waals surface area (Å²) in [6, 6.07) is 3.89. The zero-order chi connectivity index (χ0) is 8.97. The second kappa shape index (κ2) is 3.42. The van der Waals surface area contributed by atoms with Crippen molar-refractivity contribution >= 4 is 6.71 Å². The van der Waals surface area contributed by atoms with Crippen molar-refractivity contribution in [1.29, 1.82) is 15.8 Å². The van der Waals surface area contributed by atoms with Gasteiger partial charge in [0.15, 0.2) is 0 Å². The Morgan fingerprint density at radius 1 is 1.33 bits per heavy atom. The normalized spacial score (nSPS) is 20.2. The molecule has 1 rings (SSSR count). The summed E-state index contributed by atoms with van der Waals surface area (Å²) in [4.78, 5) is 0. The lowest BCUT2D eigenvalue weighted by molar-refractivity contribution is 1.28.